The minimum atomic E-state index is 0.457. The standard InChI is InChI=1S/C16H14Cl3NO/c17-13-7-6-12(8-15(13)19)21-16-10(2-1-3-14(16)18)9-20-11-4-5-11/h1-3,6-8,11,20H,4-5,9H2. The van der Waals surface area contributed by atoms with E-state index in [0.29, 0.717) is 32.6 Å². The first-order chi connectivity index (χ1) is 10.1. The van der Waals surface area contributed by atoms with Crippen molar-refractivity contribution in [3.63, 3.8) is 0 Å². The van der Waals surface area contributed by atoms with Crippen molar-refractivity contribution in [2.45, 2.75) is 25.4 Å². The van der Waals surface area contributed by atoms with E-state index in [4.69, 9.17) is 39.5 Å². The summed E-state index contributed by atoms with van der Waals surface area (Å²) in [5.41, 5.74) is 1.03. The molecule has 0 atom stereocenters. The maximum absolute atomic E-state index is 6.27. The van der Waals surface area contributed by atoms with Gasteiger partial charge in [0.2, 0.25) is 0 Å². The highest BCUT2D eigenvalue weighted by Gasteiger charge is 2.21. The first kappa shape index (κ1) is 15.0. The Morgan fingerprint density at radius 3 is 2.52 bits per heavy atom. The summed E-state index contributed by atoms with van der Waals surface area (Å²) in [6.07, 6.45) is 2.48. The minimum absolute atomic E-state index is 0.457. The second kappa shape index (κ2) is 6.45. The molecule has 0 amide bonds. The van der Waals surface area contributed by atoms with Crippen LogP contribution in [-0.4, -0.2) is 6.04 Å². The summed E-state index contributed by atoms with van der Waals surface area (Å²) < 4.78 is 5.91. The van der Waals surface area contributed by atoms with E-state index >= 15 is 0 Å². The van der Waals surface area contributed by atoms with Crippen molar-refractivity contribution in [3.05, 3.63) is 57.0 Å². The predicted molar refractivity (Wildman–Crippen MR) is 87.8 cm³/mol. The van der Waals surface area contributed by atoms with E-state index < -0.39 is 0 Å². The quantitative estimate of drug-likeness (QED) is 0.753. The first-order valence-corrected chi connectivity index (χ1v) is 7.90. The zero-order valence-electron chi connectivity index (χ0n) is 11.2. The van der Waals surface area contributed by atoms with Crippen LogP contribution in [0.15, 0.2) is 36.4 Å². The average molecular weight is 343 g/mol. The lowest BCUT2D eigenvalue weighted by molar-refractivity contribution is 0.473. The molecular formula is C16H14Cl3NO. The average Bonchev–Trinajstić information content (AvgIpc) is 3.28. The maximum Gasteiger partial charge on any atom is 0.150 e. The second-order valence-electron chi connectivity index (χ2n) is 5.06. The topological polar surface area (TPSA) is 21.3 Å². The second-order valence-corrected chi connectivity index (χ2v) is 6.28. The number of nitrogens with one attached hydrogen (secondary N) is 1. The molecule has 110 valence electrons. The smallest absolute Gasteiger partial charge is 0.150 e. The fourth-order valence-electron chi connectivity index (χ4n) is 2.01. The molecule has 2 aromatic rings. The van der Waals surface area contributed by atoms with Gasteiger partial charge in [-0.25, -0.2) is 0 Å². The van der Waals surface area contributed by atoms with Crippen LogP contribution in [0.1, 0.15) is 18.4 Å². The molecular weight excluding hydrogens is 329 g/mol. The molecule has 1 aliphatic rings. The molecule has 2 nitrogen and oxygen atoms in total. The van der Waals surface area contributed by atoms with Gasteiger partial charge in [-0.05, 0) is 31.0 Å². The molecule has 1 N–H and O–H groups in total. The van der Waals surface area contributed by atoms with Gasteiger partial charge in [-0.15, -0.1) is 0 Å². The molecule has 0 heterocycles. The third-order valence-corrected chi connectivity index (χ3v) is 4.35. The number of ether oxygens (including phenoxy) is 1. The molecule has 1 saturated carbocycles. The summed E-state index contributed by atoms with van der Waals surface area (Å²) in [7, 11) is 0. The molecule has 21 heavy (non-hydrogen) atoms. The van der Waals surface area contributed by atoms with Gasteiger partial charge >= 0.3 is 0 Å². The number of hydrogen-bond donors (Lipinski definition) is 1. The molecule has 0 radical (unpaired) electrons. The Bertz CT molecular complexity index is 656. The van der Waals surface area contributed by atoms with E-state index in [9.17, 15) is 0 Å². The number of halogens is 3. The van der Waals surface area contributed by atoms with Gasteiger partial charge in [0.15, 0.2) is 0 Å². The zero-order chi connectivity index (χ0) is 14.8. The Morgan fingerprint density at radius 2 is 1.81 bits per heavy atom. The largest absolute Gasteiger partial charge is 0.455 e. The minimum Gasteiger partial charge on any atom is -0.455 e. The summed E-state index contributed by atoms with van der Waals surface area (Å²) in [5, 5.41) is 5.00. The van der Waals surface area contributed by atoms with Crippen LogP contribution in [0.5, 0.6) is 11.5 Å². The van der Waals surface area contributed by atoms with Gasteiger partial charge in [-0.2, -0.15) is 0 Å². The van der Waals surface area contributed by atoms with Crippen LogP contribution in [0, 0.1) is 0 Å². The van der Waals surface area contributed by atoms with Gasteiger partial charge in [-0.1, -0.05) is 46.9 Å². The van der Waals surface area contributed by atoms with Gasteiger partial charge < -0.3 is 10.1 Å². The fourth-order valence-corrected chi connectivity index (χ4v) is 2.53. The highest BCUT2D eigenvalue weighted by Crippen LogP contribution is 2.35. The lowest BCUT2D eigenvalue weighted by Gasteiger charge is -2.14. The normalized spacial score (nSPS) is 14.2. The molecule has 1 fully saturated rings. The van der Waals surface area contributed by atoms with E-state index in [1.807, 2.05) is 18.2 Å². The van der Waals surface area contributed by atoms with Crippen molar-refractivity contribution in [2.24, 2.45) is 0 Å². The predicted octanol–water partition coefficient (Wildman–Crippen LogP) is 5.69. The highest BCUT2D eigenvalue weighted by molar-refractivity contribution is 6.42. The Morgan fingerprint density at radius 1 is 1.00 bits per heavy atom. The summed E-state index contributed by atoms with van der Waals surface area (Å²) in [6.45, 7) is 0.738. The van der Waals surface area contributed by atoms with Crippen molar-refractivity contribution >= 4 is 34.8 Å². The van der Waals surface area contributed by atoms with E-state index in [-0.39, 0.29) is 0 Å². The Balaban J connectivity index is 1.83. The molecule has 0 spiro atoms. The third-order valence-electron chi connectivity index (χ3n) is 3.32. The molecule has 0 saturated heterocycles. The van der Waals surface area contributed by atoms with Gasteiger partial charge in [-0.3, -0.25) is 0 Å². The van der Waals surface area contributed by atoms with Crippen LogP contribution < -0.4 is 10.1 Å². The number of para-hydroxylation sites is 1. The lowest BCUT2D eigenvalue weighted by atomic mass is 10.2. The van der Waals surface area contributed by atoms with Crippen molar-refractivity contribution in [2.75, 3.05) is 0 Å². The van der Waals surface area contributed by atoms with Crippen LogP contribution in [-0.2, 0) is 6.54 Å². The van der Waals surface area contributed by atoms with Crippen LogP contribution in [0.3, 0.4) is 0 Å². The molecule has 2 aromatic carbocycles. The van der Waals surface area contributed by atoms with Crippen molar-refractivity contribution in [3.8, 4) is 11.5 Å². The lowest BCUT2D eigenvalue weighted by Crippen LogP contribution is -2.15. The van der Waals surface area contributed by atoms with E-state index in [1.165, 1.54) is 12.8 Å². The van der Waals surface area contributed by atoms with Crippen molar-refractivity contribution in [1.82, 2.24) is 5.32 Å². The van der Waals surface area contributed by atoms with Crippen molar-refractivity contribution in [1.29, 1.82) is 0 Å². The van der Waals surface area contributed by atoms with Crippen LogP contribution in [0.2, 0.25) is 15.1 Å². The Hall–Kier alpha value is -0.930. The molecule has 0 aliphatic heterocycles. The SMILES string of the molecule is Clc1ccc(Oc2c(Cl)cccc2CNC2CC2)cc1Cl. The number of rotatable bonds is 5. The molecule has 0 bridgehead atoms. The molecule has 1 aliphatic carbocycles. The van der Waals surface area contributed by atoms with Gasteiger partial charge in [0.05, 0.1) is 15.1 Å². The summed E-state index contributed by atoms with van der Waals surface area (Å²) in [6, 6.07) is 11.5. The number of benzene rings is 2. The zero-order valence-corrected chi connectivity index (χ0v) is 13.5. The maximum atomic E-state index is 6.27. The monoisotopic (exact) mass is 341 g/mol. The molecule has 0 aromatic heterocycles. The van der Waals surface area contributed by atoms with E-state index in [1.54, 1.807) is 18.2 Å². The fraction of sp³-hybridized carbons (Fsp3) is 0.250. The summed E-state index contributed by atoms with van der Waals surface area (Å²) >= 11 is 18.2. The summed E-state index contributed by atoms with van der Waals surface area (Å²) in [4.78, 5) is 0. The third kappa shape index (κ3) is 3.83. The molecule has 3 rings (SSSR count). The molecule has 5 heteroatoms. The first-order valence-electron chi connectivity index (χ1n) is 6.77. The van der Waals surface area contributed by atoms with Gasteiger partial charge in [0.1, 0.15) is 11.5 Å². The van der Waals surface area contributed by atoms with Gasteiger partial charge in [0, 0.05) is 24.2 Å². The van der Waals surface area contributed by atoms with Gasteiger partial charge in [0.25, 0.3) is 0 Å². The van der Waals surface area contributed by atoms with E-state index in [2.05, 4.69) is 5.32 Å². The Labute approximate surface area is 139 Å². The highest BCUT2D eigenvalue weighted by atomic mass is 35.5. The van der Waals surface area contributed by atoms with Crippen molar-refractivity contribution < 1.29 is 4.74 Å². The van der Waals surface area contributed by atoms with E-state index in [0.717, 1.165) is 12.1 Å². The Kier molecular flexibility index (Phi) is 4.60. The summed E-state index contributed by atoms with van der Waals surface area (Å²) in [5.74, 6) is 1.27. The van der Waals surface area contributed by atoms with Crippen LogP contribution >= 0.6 is 34.8 Å². The van der Waals surface area contributed by atoms with Crippen LogP contribution in [0.25, 0.3) is 0 Å². The number of hydrogen-bond acceptors (Lipinski definition) is 2. The van der Waals surface area contributed by atoms with Crippen LogP contribution in [0.4, 0.5) is 0 Å². The molecule has 0 unspecified atom stereocenters.